The molecule has 0 bridgehead atoms. The van der Waals surface area contributed by atoms with Gasteiger partial charge in [0.25, 0.3) is 5.19 Å². The standard InChI is InChI=1S/C18H16ClF3N4O2S/c1-8(14-6-23-17(29-14)28-7-18(20,21)22)24-16(27)11-5-10(11)15-25-12-3-2-9(19)4-13(12)26-15/h2-4,6,8,10-11H,5,7H2,1H3,(H,24,27)(H,25,26)/t8?,10-,11-/m0/s1. The summed E-state index contributed by atoms with van der Waals surface area (Å²) in [5.74, 6) is 0.408. The van der Waals surface area contributed by atoms with Crippen molar-refractivity contribution in [3.8, 4) is 5.19 Å². The van der Waals surface area contributed by atoms with Crippen molar-refractivity contribution in [3.05, 3.63) is 40.1 Å². The highest BCUT2D eigenvalue weighted by Gasteiger charge is 2.46. The molecule has 1 aliphatic carbocycles. The van der Waals surface area contributed by atoms with Gasteiger partial charge in [-0.25, -0.2) is 9.97 Å². The largest absolute Gasteiger partial charge is 0.460 e. The normalized spacial score (nSPS) is 19.9. The maximum absolute atomic E-state index is 12.5. The van der Waals surface area contributed by atoms with E-state index in [2.05, 4.69) is 25.0 Å². The highest BCUT2D eigenvalue weighted by Crippen LogP contribution is 2.47. The Hall–Kier alpha value is -2.33. The zero-order valence-corrected chi connectivity index (χ0v) is 16.7. The molecule has 0 saturated heterocycles. The number of fused-ring (bicyclic) bond motifs is 1. The fourth-order valence-electron chi connectivity index (χ4n) is 3.04. The van der Waals surface area contributed by atoms with Crippen LogP contribution in [0.25, 0.3) is 11.0 Å². The molecule has 0 aliphatic heterocycles. The number of hydrogen-bond donors (Lipinski definition) is 2. The summed E-state index contributed by atoms with van der Waals surface area (Å²) in [6.45, 7) is 0.354. The van der Waals surface area contributed by atoms with Crippen molar-refractivity contribution < 1.29 is 22.7 Å². The maximum Gasteiger partial charge on any atom is 0.422 e. The minimum atomic E-state index is -4.42. The smallest absolute Gasteiger partial charge is 0.422 e. The van der Waals surface area contributed by atoms with Crippen molar-refractivity contribution in [1.29, 1.82) is 0 Å². The van der Waals surface area contributed by atoms with Gasteiger partial charge in [0.1, 0.15) is 5.82 Å². The van der Waals surface area contributed by atoms with Gasteiger partial charge in [0, 0.05) is 23.1 Å². The molecule has 11 heteroatoms. The number of H-pyrrole nitrogens is 1. The van der Waals surface area contributed by atoms with Crippen LogP contribution in [0.3, 0.4) is 0 Å². The number of thiazole rings is 1. The predicted octanol–water partition coefficient (Wildman–Crippen LogP) is 4.59. The Morgan fingerprint density at radius 3 is 3.03 bits per heavy atom. The SMILES string of the molecule is CC(NC(=O)[C@H]1C[C@@H]1c1nc2ccc(Cl)cc2[nH]1)c1cnc(OCC(F)(F)F)s1. The first-order chi connectivity index (χ1) is 13.7. The van der Waals surface area contributed by atoms with Crippen LogP contribution < -0.4 is 10.1 Å². The molecular formula is C18H16ClF3N4O2S. The van der Waals surface area contributed by atoms with Crippen LogP contribution in [0, 0.1) is 5.92 Å². The number of amides is 1. The maximum atomic E-state index is 12.5. The Bertz CT molecular complexity index is 1050. The summed E-state index contributed by atoms with van der Waals surface area (Å²) in [5.41, 5.74) is 1.61. The fraction of sp³-hybridized carbons (Fsp3) is 0.389. The van der Waals surface area contributed by atoms with Crippen molar-refractivity contribution in [1.82, 2.24) is 20.3 Å². The van der Waals surface area contributed by atoms with E-state index in [0.717, 1.165) is 28.2 Å². The number of carbonyl (C=O) groups is 1. The van der Waals surface area contributed by atoms with Crippen molar-refractivity contribution in [2.24, 2.45) is 5.92 Å². The number of halogens is 4. The zero-order valence-electron chi connectivity index (χ0n) is 15.1. The third-order valence-electron chi connectivity index (χ3n) is 4.59. The Balaban J connectivity index is 1.34. The number of ether oxygens (including phenoxy) is 1. The average Bonchev–Trinajstić information content (AvgIpc) is 3.11. The second-order valence-electron chi connectivity index (χ2n) is 6.89. The number of nitrogens with zero attached hydrogens (tertiary/aromatic N) is 2. The minimum absolute atomic E-state index is 0.000478. The van der Waals surface area contributed by atoms with Gasteiger partial charge in [-0.15, -0.1) is 0 Å². The van der Waals surface area contributed by atoms with Gasteiger partial charge in [-0.05, 0) is 31.5 Å². The van der Waals surface area contributed by atoms with Gasteiger partial charge in [0.15, 0.2) is 6.61 Å². The van der Waals surface area contributed by atoms with Crippen molar-refractivity contribution in [2.75, 3.05) is 6.61 Å². The van der Waals surface area contributed by atoms with Gasteiger partial charge in [-0.2, -0.15) is 13.2 Å². The minimum Gasteiger partial charge on any atom is -0.460 e. The van der Waals surface area contributed by atoms with Crippen LogP contribution in [-0.4, -0.2) is 33.6 Å². The van der Waals surface area contributed by atoms with Crippen LogP contribution in [0.15, 0.2) is 24.4 Å². The molecule has 3 aromatic rings. The number of benzene rings is 1. The third kappa shape index (κ3) is 4.64. The Kier molecular flexibility index (Phi) is 5.16. The van der Waals surface area contributed by atoms with Crippen LogP contribution >= 0.6 is 22.9 Å². The summed E-state index contributed by atoms with van der Waals surface area (Å²) >= 11 is 6.96. The molecule has 154 valence electrons. The summed E-state index contributed by atoms with van der Waals surface area (Å²) in [4.78, 5) is 24.7. The molecule has 2 heterocycles. The molecule has 1 amide bonds. The summed E-state index contributed by atoms with van der Waals surface area (Å²) in [6, 6.07) is 4.97. The number of aromatic amines is 1. The Morgan fingerprint density at radius 1 is 1.48 bits per heavy atom. The van der Waals surface area contributed by atoms with Gasteiger partial charge in [0.2, 0.25) is 5.91 Å². The lowest BCUT2D eigenvalue weighted by Gasteiger charge is -2.11. The van der Waals surface area contributed by atoms with E-state index >= 15 is 0 Å². The molecule has 2 aromatic heterocycles. The van der Waals surface area contributed by atoms with Crippen molar-refractivity contribution >= 4 is 39.9 Å². The molecule has 2 N–H and O–H groups in total. The van der Waals surface area contributed by atoms with E-state index in [0.29, 0.717) is 16.3 Å². The number of nitrogens with one attached hydrogen (secondary N) is 2. The summed E-state index contributed by atoms with van der Waals surface area (Å²) in [7, 11) is 0. The van der Waals surface area contributed by atoms with Crippen molar-refractivity contribution in [2.45, 2.75) is 31.5 Å². The quantitative estimate of drug-likeness (QED) is 0.582. The first-order valence-corrected chi connectivity index (χ1v) is 10.00. The molecule has 3 atom stereocenters. The molecule has 1 saturated carbocycles. The monoisotopic (exact) mass is 444 g/mol. The fourth-order valence-corrected chi connectivity index (χ4v) is 3.97. The second kappa shape index (κ2) is 7.49. The summed E-state index contributed by atoms with van der Waals surface area (Å²) in [5, 5.41) is 3.40. The van der Waals surface area contributed by atoms with Crippen LogP contribution in [0.2, 0.25) is 5.02 Å². The van der Waals surface area contributed by atoms with Gasteiger partial charge >= 0.3 is 6.18 Å². The van der Waals surface area contributed by atoms with E-state index in [-0.39, 0.29) is 29.0 Å². The molecule has 1 unspecified atom stereocenters. The number of aromatic nitrogens is 3. The van der Waals surface area contributed by atoms with E-state index < -0.39 is 12.8 Å². The van der Waals surface area contributed by atoms with Gasteiger partial charge in [0.05, 0.1) is 22.0 Å². The van der Waals surface area contributed by atoms with E-state index in [4.69, 9.17) is 11.6 Å². The predicted molar refractivity (Wildman–Crippen MR) is 102 cm³/mol. The number of carbonyl (C=O) groups excluding carboxylic acids is 1. The lowest BCUT2D eigenvalue weighted by Crippen LogP contribution is -2.28. The highest BCUT2D eigenvalue weighted by atomic mass is 35.5. The van der Waals surface area contributed by atoms with E-state index in [1.807, 2.05) is 6.07 Å². The molecule has 29 heavy (non-hydrogen) atoms. The molecule has 0 radical (unpaired) electrons. The zero-order chi connectivity index (χ0) is 20.8. The summed E-state index contributed by atoms with van der Waals surface area (Å²) in [6.07, 6.45) is -2.34. The highest BCUT2D eigenvalue weighted by molar-refractivity contribution is 7.13. The summed E-state index contributed by atoms with van der Waals surface area (Å²) < 4.78 is 41.3. The Labute approximate surface area is 172 Å². The average molecular weight is 445 g/mol. The first-order valence-electron chi connectivity index (χ1n) is 8.80. The van der Waals surface area contributed by atoms with Crippen molar-refractivity contribution in [3.63, 3.8) is 0 Å². The number of alkyl halides is 3. The lowest BCUT2D eigenvalue weighted by atomic mass is 10.2. The van der Waals surface area contributed by atoms with E-state index in [9.17, 15) is 18.0 Å². The molecule has 1 aliphatic rings. The molecule has 1 fully saturated rings. The number of imidazole rings is 1. The Morgan fingerprint density at radius 2 is 2.28 bits per heavy atom. The molecule has 0 spiro atoms. The van der Waals surface area contributed by atoms with Crippen LogP contribution in [-0.2, 0) is 4.79 Å². The lowest BCUT2D eigenvalue weighted by molar-refractivity contribution is -0.153. The van der Waals surface area contributed by atoms with Gasteiger partial charge in [-0.1, -0.05) is 22.9 Å². The first kappa shape index (κ1) is 20.0. The topological polar surface area (TPSA) is 79.9 Å². The number of rotatable bonds is 6. The van der Waals surface area contributed by atoms with Crippen LogP contribution in [0.5, 0.6) is 5.19 Å². The van der Waals surface area contributed by atoms with Gasteiger partial charge < -0.3 is 15.0 Å². The molecule has 1 aromatic carbocycles. The third-order valence-corrected chi connectivity index (χ3v) is 5.92. The second-order valence-corrected chi connectivity index (χ2v) is 8.36. The van der Waals surface area contributed by atoms with Crippen LogP contribution in [0.4, 0.5) is 13.2 Å². The van der Waals surface area contributed by atoms with Crippen LogP contribution in [0.1, 0.15) is 36.0 Å². The molecule has 4 rings (SSSR count). The van der Waals surface area contributed by atoms with Gasteiger partial charge in [-0.3, -0.25) is 4.79 Å². The number of hydrogen-bond acceptors (Lipinski definition) is 5. The van der Waals surface area contributed by atoms with E-state index in [1.54, 1.807) is 19.1 Å². The molecule has 6 nitrogen and oxygen atoms in total. The van der Waals surface area contributed by atoms with E-state index in [1.165, 1.54) is 6.20 Å². The molecular weight excluding hydrogens is 429 g/mol.